The molecule has 0 saturated heterocycles. The maximum Gasteiger partial charge on any atom is 0.328 e. The summed E-state index contributed by atoms with van der Waals surface area (Å²) in [6.45, 7) is 7.24. The zero-order valence-corrected chi connectivity index (χ0v) is 17.5. The number of amides is 2. The Morgan fingerprint density at radius 1 is 1.03 bits per heavy atom. The second-order valence-electron chi connectivity index (χ2n) is 7.87. The molecular formula is C23H25N3O4. The van der Waals surface area contributed by atoms with Crippen LogP contribution < -0.4 is 10.6 Å². The number of hydrogen-bond donors (Lipinski definition) is 2. The summed E-state index contributed by atoms with van der Waals surface area (Å²) in [4.78, 5) is 36.3. The van der Waals surface area contributed by atoms with Gasteiger partial charge < -0.3 is 15.4 Å². The van der Waals surface area contributed by atoms with Crippen molar-refractivity contribution in [1.29, 1.82) is 5.26 Å². The van der Waals surface area contributed by atoms with Crippen molar-refractivity contribution in [3.05, 3.63) is 65.2 Å². The molecule has 7 heteroatoms. The Labute approximate surface area is 176 Å². The average molecular weight is 407 g/mol. The molecule has 7 nitrogen and oxygen atoms in total. The van der Waals surface area contributed by atoms with Crippen LogP contribution >= 0.6 is 0 Å². The number of nitrogens with one attached hydrogen (secondary N) is 2. The minimum absolute atomic E-state index is 0.0234. The monoisotopic (exact) mass is 407 g/mol. The van der Waals surface area contributed by atoms with E-state index in [1.165, 1.54) is 6.92 Å². The molecule has 0 spiro atoms. The summed E-state index contributed by atoms with van der Waals surface area (Å²) in [5.41, 5.74) is 2.46. The summed E-state index contributed by atoms with van der Waals surface area (Å²) in [7, 11) is 0. The van der Waals surface area contributed by atoms with E-state index in [1.54, 1.807) is 36.4 Å². The topological polar surface area (TPSA) is 108 Å². The zero-order chi connectivity index (χ0) is 22.3. The van der Waals surface area contributed by atoms with E-state index in [0.717, 1.165) is 5.56 Å². The third-order valence-corrected chi connectivity index (χ3v) is 4.36. The van der Waals surface area contributed by atoms with Gasteiger partial charge in [0.2, 0.25) is 0 Å². The molecule has 0 aliphatic rings. The second-order valence-corrected chi connectivity index (χ2v) is 7.87. The van der Waals surface area contributed by atoms with Crippen LogP contribution in [-0.2, 0) is 19.7 Å². The zero-order valence-electron chi connectivity index (χ0n) is 17.5. The van der Waals surface area contributed by atoms with Crippen LogP contribution in [0.25, 0.3) is 0 Å². The fourth-order valence-corrected chi connectivity index (χ4v) is 2.55. The van der Waals surface area contributed by atoms with Gasteiger partial charge in [-0.05, 0) is 54.3 Å². The Morgan fingerprint density at radius 3 is 2.17 bits per heavy atom. The summed E-state index contributed by atoms with van der Waals surface area (Å²) >= 11 is 0. The van der Waals surface area contributed by atoms with Crippen molar-refractivity contribution in [2.45, 2.75) is 39.2 Å². The number of hydrogen-bond acceptors (Lipinski definition) is 5. The van der Waals surface area contributed by atoms with Crippen molar-refractivity contribution < 1.29 is 19.1 Å². The van der Waals surface area contributed by atoms with Crippen LogP contribution in [0, 0.1) is 11.3 Å². The van der Waals surface area contributed by atoms with E-state index in [2.05, 4.69) is 31.4 Å². The van der Waals surface area contributed by atoms with Crippen LogP contribution in [0.2, 0.25) is 0 Å². The molecule has 156 valence electrons. The van der Waals surface area contributed by atoms with Crippen LogP contribution in [0.4, 0.5) is 5.69 Å². The van der Waals surface area contributed by atoms with Gasteiger partial charge in [0.25, 0.3) is 11.8 Å². The number of anilines is 1. The lowest BCUT2D eigenvalue weighted by atomic mass is 9.86. The molecule has 0 heterocycles. The van der Waals surface area contributed by atoms with Gasteiger partial charge in [-0.15, -0.1) is 0 Å². The average Bonchev–Trinajstić information content (AvgIpc) is 2.72. The van der Waals surface area contributed by atoms with Gasteiger partial charge in [-0.3, -0.25) is 9.59 Å². The normalized spacial score (nSPS) is 11.7. The first-order valence-electron chi connectivity index (χ1n) is 9.48. The van der Waals surface area contributed by atoms with E-state index < -0.39 is 30.4 Å². The molecule has 0 aromatic heterocycles. The van der Waals surface area contributed by atoms with Crippen molar-refractivity contribution in [1.82, 2.24) is 5.32 Å². The maximum absolute atomic E-state index is 12.3. The Morgan fingerprint density at radius 2 is 1.63 bits per heavy atom. The van der Waals surface area contributed by atoms with Crippen LogP contribution in [0.15, 0.2) is 48.5 Å². The van der Waals surface area contributed by atoms with Crippen molar-refractivity contribution in [3.63, 3.8) is 0 Å². The second kappa shape index (κ2) is 9.70. The molecule has 0 bridgehead atoms. The van der Waals surface area contributed by atoms with E-state index in [9.17, 15) is 14.4 Å². The molecule has 0 saturated carbocycles. The summed E-state index contributed by atoms with van der Waals surface area (Å²) in [6, 6.07) is 14.5. The number of carbonyl (C=O) groups excluding carboxylic acids is 3. The SMILES string of the molecule is C[C@H](NC(=O)c1ccc(C(C)(C)C)cc1)C(=O)OCC(=O)Nc1ccc(C#N)cc1. The summed E-state index contributed by atoms with van der Waals surface area (Å²) in [5, 5.41) is 13.9. The molecule has 0 aliphatic heterocycles. The molecule has 2 rings (SSSR count). The highest BCUT2D eigenvalue weighted by Crippen LogP contribution is 2.22. The molecule has 0 radical (unpaired) electrons. The molecule has 2 amide bonds. The van der Waals surface area contributed by atoms with Gasteiger partial charge in [0, 0.05) is 11.3 Å². The van der Waals surface area contributed by atoms with Crippen molar-refractivity contribution in [2.75, 3.05) is 11.9 Å². The Hall–Kier alpha value is -3.66. The highest BCUT2D eigenvalue weighted by molar-refractivity contribution is 5.97. The number of ether oxygens (including phenoxy) is 1. The van der Waals surface area contributed by atoms with E-state index in [1.807, 2.05) is 18.2 Å². The van der Waals surface area contributed by atoms with Gasteiger partial charge in [-0.2, -0.15) is 5.26 Å². The molecule has 0 unspecified atom stereocenters. The molecule has 2 N–H and O–H groups in total. The Balaban J connectivity index is 1.82. The van der Waals surface area contributed by atoms with Crippen LogP contribution in [0.5, 0.6) is 0 Å². The predicted octanol–water partition coefficient (Wildman–Crippen LogP) is 3.16. The molecular weight excluding hydrogens is 382 g/mol. The fraction of sp³-hybridized carbons (Fsp3) is 0.304. The number of carbonyl (C=O) groups is 3. The number of rotatable bonds is 6. The van der Waals surface area contributed by atoms with E-state index in [4.69, 9.17) is 10.00 Å². The first kappa shape index (κ1) is 22.6. The molecule has 0 aliphatic carbocycles. The predicted molar refractivity (Wildman–Crippen MR) is 113 cm³/mol. The van der Waals surface area contributed by atoms with Gasteiger partial charge in [0.15, 0.2) is 6.61 Å². The lowest BCUT2D eigenvalue weighted by Crippen LogP contribution is -2.40. The third-order valence-electron chi connectivity index (χ3n) is 4.36. The Bertz CT molecular complexity index is 952. The third kappa shape index (κ3) is 6.45. The molecule has 2 aromatic rings. The van der Waals surface area contributed by atoms with Gasteiger partial charge in [-0.1, -0.05) is 32.9 Å². The number of nitriles is 1. The standard InChI is InChI=1S/C23H25N3O4/c1-15(25-21(28)17-7-9-18(10-8-17)23(2,3)4)22(29)30-14-20(27)26-19-11-5-16(13-24)6-12-19/h5-12,15H,14H2,1-4H3,(H,25,28)(H,26,27)/t15-/m0/s1. The van der Waals surface area contributed by atoms with Gasteiger partial charge in [0.05, 0.1) is 11.6 Å². The quantitative estimate of drug-likeness (QED) is 0.715. The molecule has 30 heavy (non-hydrogen) atoms. The largest absolute Gasteiger partial charge is 0.454 e. The number of benzene rings is 2. The highest BCUT2D eigenvalue weighted by Gasteiger charge is 2.20. The van der Waals surface area contributed by atoms with Crippen molar-refractivity contribution in [3.8, 4) is 6.07 Å². The van der Waals surface area contributed by atoms with Crippen LogP contribution in [0.3, 0.4) is 0 Å². The smallest absolute Gasteiger partial charge is 0.328 e. The van der Waals surface area contributed by atoms with Gasteiger partial charge in [-0.25, -0.2) is 4.79 Å². The first-order chi connectivity index (χ1) is 14.1. The summed E-state index contributed by atoms with van der Waals surface area (Å²) in [6.07, 6.45) is 0. The van der Waals surface area contributed by atoms with Crippen molar-refractivity contribution >= 4 is 23.5 Å². The maximum atomic E-state index is 12.3. The summed E-state index contributed by atoms with van der Waals surface area (Å²) < 4.78 is 4.97. The van der Waals surface area contributed by atoms with E-state index >= 15 is 0 Å². The van der Waals surface area contributed by atoms with Gasteiger partial charge >= 0.3 is 5.97 Å². The fourth-order valence-electron chi connectivity index (χ4n) is 2.55. The molecule has 1 atom stereocenters. The van der Waals surface area contributed by atoms with E-state index in [-0.39, 0.29) is 5.41 Å². The Kier molecular flexibility index (Phi) is 7.32. The van der Waals surface area contributed by atoms with Crippen LogP contribution in [0.1, 0.15) is 49.2 Å². The minimum atomic E-state index is -0.914. The van der Waals surface area contributed by atoms with Crippen LogP contribution in [-0.4, -0.2) is 30.4 Å². The number of nitrogens with zero attached hydrogens (tertiary/aromatic N) is 1. The van der Waals surface area contributed by atoms with E-state index in [0.29, 0.717) is 16.8 Å². The van der Waals surface area contributed by atoms with Crippen molar-refractivity contribution in [2.24, 2.45) is 0 Å². The first-order valence-corrected chi connectivity index (χ1v) is 9.48. The number of esters is 1. The highest BCUT2D eigenvalue weighted by atomic mass is 16.5. The molecule has 2 aromatic carbocycles. The summed E-state index contributed by atoms with van der Waals surface area (Å²) in [5.74, 6) is -1.64. The molecule has 0 fully saturated rings. The van der Waals surface area contributed by atoms with Gasteiger partial charge in [0.1, 0.15) is 6.04 Å². The minimum Gasteiger partial charge on any atom is -0.454 e. The lowest BCUT2D eigenvalue weighted by molar-refractivity contribution is -0.148. The lowest BCUT2D eigenvalue weighted by Gasteiger charge is -2.19.